The maximum absolute atomic E-state index is 5.99. The second-order valence-electron chi connectivity index (χ2n) is 4.37. The number of methoxy groups -OCH3 is 1. The molecule has 19 heavy (non-hydrogen) atoms. The van der Waals surface area contributed by atoms with Crippen molar-refractivity contribution in [1.82, 2.24) is 4.98 Å². The Kier molecular flexibility index (Phi) is 3.90. The average Bonchev–Trinajstić information content (AvgIpc) is 2.44. The van der Waals surface area contributed by atoms with Gasteiger partial charge in [0.1, 0.15) is 6.61 Å². The molecule has 0 unspecified atom stereocenters. The molecule has 0 atom stereocenters. The van der Waals surface area contributed by atoms with Crippen LogP contribution in [0.5, 0.6) is 11.5 Å². The summed E-state index contributed by atoms with van der Waals surface area (Å²) in [6, 6.07) is 7.53. The predicted octanol–water partition coefficient (Wildman–Crippen LogP) is 2.87. The minimum atomic E-state index is 0.372. The lowest BCUT2D eigenvalue weighted by Crippen LogP contribution is -2.05. The highest BCUT2D eigenvalue weighted by Gasteiger charge is 2.08. The number of anilines is 1. The van der Waals surface area contributed by atoms with Gasteiger partial charge in [0.25, 0.3) is 0 Å². The lowest BCUT2D eigenvalue weighted by Gasteiger charge is -2.13. The molecule has 1 aromatic carbocycles. The Labute approximate surface area is 113 Å². The summed E-state index contributed by atoms with van der Waals surface area (Å²) < 4.78 is 11.0. The van der Waals surface area contributed by atoms with Crippen molar-refractivity contribution in [3.05, 3.63) is 47.3 Å². The lowest BCUT2D eigenvalue weighted by molar-refractivity contribution is 0.280. The Morgan fingerprint density at radius 2 is 1.84 bits per heavy atom. The van der Waals surface area contributed by atoms with Crippen LogP contribution in [-0.2, 0) is 6.61 Å². The van der Waals surface area contributed by atoms with E-state index in [1.807, 2.05) is 38.1 Å². The topological polar surface area (TPSA) is 57.4 Å². The van der Waals surface area contributed by atoms with Crippen LogP contribution in [0.4, 0.5) is 5.69 Å². The smallest absolute Gasteiger partial charge is 0.161 e. The zero-order chi connectivity index (χ0) is 13.8. The van der Waals surface area contributed by atoms with Crippen molar-refractivity contribution in [2.24, 2.45) is 0 Å². The molecule has 0 aliphatic rings. The van der Waals surface area contributed by atoms with Gasteiger partial charge >= 0.3 is 0 Å². The first kappa shape index (κ1) is 13.2. The van der Waals surface area contributed by atoms with Gasteiger partial charge in [-0.25, -0.2) is 0 Å². The molecule has 4 nitrogen and oxygen atoms in total. The van der Waals surface area contributed by atoms with Crippen LogP contribution < -0.4 is 15.2 Å². The van der Waals surface area contributed by atoms with Gasteiger partial charge in [-0.15, -0.1) is 0 Å². The van der Waals surface area contributed by atoms with E-state index in [1.165, 1.54) is 0 Å². The number of rotatable bonds is 4. The zero-order valence-corrected chi connectivity index (χ0v) is 11.4. The van der Waals surface area contributed by atoms with E-state index in [2.05, 4.69) is 4.98 Å². The van der Waals surface area contributed by atoms with Crippen molar-refractivity contribution in [2.75, 3.05) is 12.8 Å². The maximum atomic E-state index is 5.99. The number of benzene rings is 1. The van der Waals surface area contributed by atoms with Gasteiger partial charge in [-0.3, -0.25) is 4.98 Å². The summed E-state index contributed by atoms with van der Waals surface area (Å²) in [5.41, 5.74) is 9.55. The van der Waals surface area contributed by atoms with E-state index in [0.29, 0.717) is 18.1 Å². The van der Waals surface area contributed by atoms with Gasteiger partial charge in [0, 0.05) is 11.9 Å². The van der Waals surface area contributed by atoms with Crippen molar-refractivity contribution >= 4 is 5.69 Å². The monoisotopic (exact) mass is 258 g/mol. The number of pyridine rings is 1. The number of para-hydroxylation sites is 2. The standard InChI is InChI=1S/C15H18N2O2/c1-10-8-17-12(11(2)15(10)16)9-19-14-7-5-4-6-13(14)18-3/h4-8H,9H2,1-3H3,(H2,16,17). The van der Waals surface area contributed by atoms with Gasteiger partial charge in [-0.2, -0.15) is 0 Å². The maximum Gasteiger partial charge on any atom is 0.161 e. The third-order valence-electron chi connectivity index (χ3n) is 3.11. The summed E-state index contributed by atoms with van der Waals surface area (Å²) >= 11 is 0. The third-order valence-corrected chi connectivity index (χ3v) is 3.11. The number of hydrogen-bond donors (Lipinski definition) is 1. The van der Waals surface area contributed by atoms with Gasteiger partial charge in [0.15, 0.2) is 11.5 Å². The number of ether oxygens (including phenoxy) is 2. The molecule has 0 spiro atoms. The summed E-state index contributed by atoms with van der Waals surface area (Å²) in [5, 5.41) is 0. The molecule has 2 rings (SSSR count). The molecule has 1 heterocycles. The minimum absolute atomic E-state index is 0.372. The largest absolute Gasteiger partial charge is 0.493 e. The van der Waals surface area contributed by atoms with E-state index in [-0.39, 0.29) is 0 Å². The van der Waals surface area contributed by atoms with E-state index in [0.717, 1.165) is 22.5 Å². The van der Waals surface area contributed by atoms with Crippen LogP contribution in [0.15, 0.2) is 30.5 Å². The van der Waals surface area contributed by atoms with Crippen molar-refractivity contribution in [3.63, 3.8) is 0 Å². The first-order chi connectivity index (χ1) is 9.13. The SMILES string of the molecule is COc1ccccc1OCc1ncc(C)c(N)c1C. The quantitative estimate of drug-likeness (QED) is 0.916. The second-order valence-corrected chi connectivity index (χ2v) is 4.37. The summed E-state index contributed by atoms with van der Waals surface area (Å²) in [6.07, 6.45) is 1.77. The molecule has 0 bridgehead atoms. The first-order valence-corrected chi connectivity index (χ1v) is 6.10. The average molecular weight is 258 g/mol. The van der Waals surface area contributed by atoms with Crippen LogP contribution in [0.2, 0.25) is 0 Å². The zero-order valence-electron chi connectivity index (χ0n) is 11.4. The molecule has 2 aromatic rings. The van der Waals surface area contributed by atoms with Crippen molar-refractivity contribution in [1.29, 1.82) is 0 Å². The van der Waals surface area contributed by atoms with E-state index in [4.69, 9.17) is 15.2 Å². The number of nitrogens with zero attached hydrogens (tertiary/aromatic N) is 1. The van der Waals surface area contributed by atoms with Crippen molar-refractivity contribution in [2.45, 2.75) is 20.5 Å². The fourth-order valence-corrected chi connectivity index (χ4v) is 1.82. The number of hydrogen-bond acceptors (Lipinski definition) is 4. The van der Waals surface area contributed by atoms with E-state index < -0.39 is 0 Å². The summed E-state index contributed by atoms with van der Waals surface area (Å²) in [4.78, 5) is 4.36. The lowest BCUT2D eigenvalue weighted by atomic mass is 10.1. The summed E-state index contributed by atoms with van der Waals surface area (Å²) in [5.74, 6) is 1.41. The highest BCUT2D eigenvalue weighted by Crippen LogP contribution is 2.27. The van der Waals surface area contributed by atoms with Gasteiger partial charge in [-0.1, -0.05) is 12.1 Å². The Morgan fingerprint density at radius 3 is 2.53 bits per heavy atom. The normalized spacial score (nSPS) is 10.3. The van der Waals surface area contributed by atoms with Crippen LogP contribution in [0.1, 0.15) is 16.8 Å². The summed E-state index contributed by atoms with van der Waals surface area (Å²) in [7, 11) is 1.62. The molecule has 1 aromatic heterocycles. The minimum Gasteiger partial charge on any atom is -0.493 e. The molecule has 4 heteroatoms. The van der Waals surface area contributed by atoms with Gasteiger partial charge in [0.05, 0.1) is 12.8 Å². The number of aromatic nitrogens is 1. The molecule has 0 aliphatic carbocycles. The van der Waals surface area contributed by atoms with Crippen molar-refractivity contribution in [3.8, 4) is 11.5 Å². The Morgan fingerprint density at radius 1 is 1.16 bits per heavy atom. The molecule has 0 aliphatic heterocycles. The van der Waals surface area contributed by atoms with E-state index >= 15 is 0 Å². The highest BCUT2D eigenvalue weighted by atomic mass is 16.5. The van der Waals surface area contributed by atoms with Crippen LogP contribution in [0.25, 0.3) is 0 Å². The van der Waals surface area contributed by atoms with Crippen LogP contribution >= 0.6 is 0 Å². The van der Waals surface area contributed by atoms with E-state index in [1.54, 1.807) is 13.3 Å². The Balaban J connectivity index is 2.17. The molecule has 0 saturated heterocycles. The summed E-state index contributed by atoms with van der Waals surface area (Å²) in [6.45, 7) is 4.27. The second kappa shape index (κ2) is 5.61. The Hall–Kier alpha value is -2.23. The van der Waals surface area contributed by atoms with Crippen LogP contribution in [0, 0.1) is 13.8 Å². The number of nitrogens with two attached hydrogens (primary N) is 1. The fraction of sp³-hybridized carbons (Fsp3) is 0.267. The van der Waals surface area contributed by atoms with Gasteiger partial charge in [-0.05, 0) is 37.1 Å². The molecule has 0 radical (unpaired) electrons. The number of aryl methyl sites for hydroxylation is 1. The molecule has 2 N–H and O–H groups in total. The molecule has 0 fully saturated rings. The molecule has 0 amide bonds. The molecule has 100 valence electrons. The predicted molar refractivity (Wildman–Crippen MR) is 75.4 cm³/mol. The Bertz CT molecular complexity index is 582. The van der Waals surface area contributed by atoms with Gasteiger partial charge in [0.2, 0.25) is 0 Å². The van der Waals surface area contributed by atoms with Crippen molar-refractivity contribution < 1.29 is 9.47 Å². The molecule has 0 saturated carbocycles. The number of nitrogen functional groups attached to an aromatic ring is 1. The molecular weight excluding hydrogens is 240 g/mol. The molecular formula is C15H18N2O2. The third kappa shape index (κ3) is 2.78. The van der Waals surface area contributed by atoms with Crippen LogP contribution in [-0.4, -0.2) is 12.1 Å². The highest BCUT2D eigenvalue weighted by molar-refractivity contribution is 5.53. The van der Waals surface area contributed by atoms with Gasteiger partial charge < -0.3 is 15.2 Å². The fourth-order valence-electron chi connectivity index (χ4n) is 1.82. The van der Waals surface area contributed by atoms with Crippen LogP contribution in [0.3, 0.4) is 0 Å². The van der Waals surface area contributed by atoms with E-state index in [9.17, 15) is 0 Å². The first-order valence-electron chi connectivity index (χ1n) is 6.10.